The molecule has 0 unspecified atom stereocenters. The van der Waals surface area contributed by atoms with E-state index in [2.05, 4.69) is 20.8 Å². The van der Waals surface area contributed by atoms with E-state index in [1.165, 1.54) is 88.3 Å². The number of hydrogen-bond donors (Lipinski definition) is 1. The first-order chi connectivity index (χ1) is 9.74. The van der Waals surface area contributed by atoms with Gasteiger partial charge in [0.2, 0.25) is 0 Å². The van der Waals surface area contributed by atoms with E-state index in [1.54, 1.807) is 0 Å². The highest BCUT2D eigenvalue weighted by molar-refractivity contribution is 4.51. The molecule has 0 fully saturated rings. The molecule has 0 saturated carbocycles. The Morgan fingerprint density at radius 2 is 0.952 bits per heavy atom. The number of quaternary nitrogens is 1. The fourth-order valence-corrected chi connectivity index (χ4v) is 3.15. The van der Waals surface area contributed by atoms with Crippen molar-refractivity contribution >= 4 is 0 Å². The Kier molecular flexibility index (Phi) is 18.5. The quantitative estimate of drug-likeness (QED) is 0.360. The molecule has 0 aliphatic heterocycles. The molecule has 0 spiro atoms. The van der Waals surface area contributed by atoms with Crippen LogP contribution in [0.5, 0.6) is 0 Å². The van der Waals surface area contributed by atoms with Crippen LogP contribution < -0.4 is 12.4 Å². The number of halogens is 1. The summed E-state index contributed by atoms with van der Waals surface area (Å²) in [6.45, 7) is 12.0. The van der Waals surface area contributed by atoms with Crippen molar-refractivity contribution in [1.29, 1.82) is 0 Å². The van der Waals surface area contributed by atoms with Gasteiger partial charge in [-0.15, -0.1) is 0 Å². The highest BCUT2D eigenvalue weighted by atomic mass is 35.5. The summed E-state index contributed by atoms with van der Waals surface area (Å²) in [5, 5.41) is 9.50. The molecule has 2 nitrogen and oxygen atoms in total. The molecular weight excluding hydrogens is 282 g/mol. The maximum atomic E-state index is 9.50. The Hall–Kier alpha value is 0.210. The van der Waals surface area contributed by atoms with Gasteiger partial charge >= 0.3 is 0 Å². The average Bonchev–Trinajstić information content (AvgIpc) is 2.44. The van der Waals surface area contributed by atoms with Crippen molar-refractivity contribution in [3.8, 4) is 0 Å². The second-order valence-electron chi connectivity index (χ2n) is 6.43. The van der Waals surface area contributed by atoms with Gasteiger partial charge in [-0.2, -0.15) is 0 Å². The normalized spacial score (nSPS) is 11.4. The molecule has 0 bridgehead atoms. The van der Waals surface area contributed by atoms with E-state index in [9.17, 15) is 5.11 Å². The van der Waals surface area contributed by atoms with Crippen LogP contribution in [0.2, 0.25) is 0 Å². The second kappa shape index (κ2) is 16.6. The standard InChI is InChI=1S/C18H40NO.ClH/c1-4-7-10-13-16-19(17-18-20,14-11-8-5-2)15-12-9-6-3;/h20H,4-18H2,1-3H3;1H/q+1;/p-1. The molecule has 130 valence electrons. The summed E-state index contributed by atoms with van der Waals surface area (Å²) in [4.78, 5) is 0. The Morgan fingerprint density at radius 3 is 1.33 bits per heavy atom. The molecule has 0 radical (unpaired) electrons. The third-order valence-corrected chi connectivity index (χ3v) is 4.53. The smallest absolute Gasteiger partial charge is 0.102 e. The molecule has 0 aromatic rings. The van der Waals surface area contributed by atoms with E-state index in [0.717, 1.165) is 6.54 Å². The minimum absolute atomic E-state index is 0. The Balaban J connectivity index is 0. The minimum Gasteiger partial charge on any atom is -1.00 e. The van der Waals surface area contributed by atoms with Crippen molar-refractivity contribution in [2.24, 2.45) is 0 Å². The molecule has 0 rings (SSSR count). The molecule has 0 aromatic heterocycles. The number of nitrogens with zero attached hydrogens (tertiary/aromatic N) is 1. The molecule has 0 heterocycles. The van der Waals surface area contributed by atoms with Gasteiger partial charge in [0.1, 0.15) is 6.54 Å². The monoisotopic (exact) mass is 321 g/mol. The van der Waals surface area contributed by atoms with E-state index in [4.69, 9.17) is 0 Å². The molecule has 21 heavy (non-hydrogen) atoms. The predicted octanol–water partition coefficient (Wildman–Crippen LogP) is 1.76. The van der Waals surface area contributed by atoms with Gasteiger partial charge in [0.25, 0.3) is 0 Å². The molecule has 0 aliphatic carbocycles. The first-order valence-corrected chi connectivity index (χ1v) is 9.20. The Bertz CT molecular complexity index is 190. The van der Waals surface area contributed by atoms with Crippen LogP contribution in [0.25, 0.3) is 0 Å². The molecule has 1 N–H and O–H groups in total. The summed E-state index contributed by atoms with van der Waals surface area (Å²) in [7, 11) is 0. The predicted molar refractivity (Wildman–Crippen MR) is 90.0 cm³/mol. The zero-order valence-corrected chi connectivity index (χ0v) is 15.6. The van der Waals surface area contributed by atoms with Crippen molar-refractivity contribution in [3.63, 3.8) is 0 Å². The summed E-state index contributed by atoms with van der Waals surface area (Å²) in [6, 6.07) is 0. The lowest BCUT2D eigenvalue weighted by Crippen LogP contribution is -3.00. The number of aliphatic hydroxyl groups excluding tert-OH is 1. The molecule has 0 aromatic carbocycles. The zero-order chi connectivity index (χ0) is 15.1. The van der Waals surface area contributed by atoms with E-state index < -0.39 is 0 Å². The SMILES string of the molecule is CCCCCC[N+](CCO)(CCCCC)CCCCC.[Cl-]. The van der Waals surface area contributed by atoms with Crippen molar-refractivity contribution in [2.75, 3.05) is 32.8 Å². The lowest BCUT2D eigenvalue weighted by atomic mass is 10.1. The van der Waals surface area contributed by atoms with Gasteiger partial charge in [0.15, 0.2) is 0 Å². The van der Waals surface area contributed by atoms with Crippen molar-refractivity contribution in [1.82, 2.24) is 0 Å². The summed E-state index contributed by atoms with van der Waals surface area (Å²) >= 11 is 0. The lowest BCUT2D eigenvalue weighted by molar-refractivity contribution is -0.929. The largest absolute Gasteiger partial charge is 1.00 e. The molecule has 0 aliphatic rings. The van der Waals surface area contributed by atoms with Crippen LogP contribution >= 0.6 is 0 Å². The van der Waals surface area contributed by atoms with Gasteiger partial charge in [0.05, 0.1) is 26.2 Å². The summed E-state index contributed by atoms with van der Waals surface area (Å²) in [5.74, 6) is 0. The van der Waals surface area contributed by atoms with Gasteiger partial charge in [-0.25, -0.2) is 0 Å². The van der Waals surface area contributed by atoms with Crippen LogP contribution in [0.3, 0.4) is 0 Å². The maximum absolute atomic E-state index is 9.50. The summed E-state index contributed by atoms with van der Waals surface area (Å²) in [5.41, 5.74) is 0. The van der Waals surface area contributed by atoms with E-state index in [-0.39, 0.29) is 12.4 Å². The number of aliphatic hydroxyl groups is 1. The van der Waals surface area contributed by atoms with Gasteiger partial charge in [0, 0.05) is 0 Å². The average molecular weight is 322 g/mol. The summed E-state index contributed by atoms with van der Waals surface area (Å²) < 4.78 is 1.18. The van der Waals surface area contributed by atoms with Gasteiger partial charge in [-0.1, -0.05) is 46.5 Å². The van der Waals surface area contributed by atoms with Gasteiger partial charge in [-0.3, -0.25) is 0 Å². The Labute approximate surface area is 140 Å². The highest BCUT2D eigenvalue weighted by Gasteiger charge is 2.25. The summed E-state index contributed by atoms with van der Waals surface area (Å²) in [6.07, 6.45) is 13.3. The molecule has 0 atom stereocenters. The second-order valence-corrected chi connectivity index (χ2v) is 6.43. The van der Waals surface area contributed by atoms with Crippen LogP contribution in [-0.4, -0.2) is 42.4 Å². The van der Waals surface area contributed by atoms with Crippen LogP contribution in [0, 0.1) is 0 Å². The number of hydrogen-bond acceptors (Lipinski definition) is 1. The van der Waals surface area contributed by atoms with Crippen molar-refractivity contribution in [2.45, 2.75) is 85.0 Å². The van der Waals surface area contributed by atoms with Gasteiger partial charge < -0.3 is 22.0 Å². The van der Waals surface area contributed by atoms with Gasteiger partial charge in [-0.05, 0) is 38.5 Å². The van der Waals surface area contributed by atoms with Crippen molar-refractivity contribution in [3.05, 3.63) is 0 Å². The van der Waals surface area contributed by atoms with E-state index in [0.29, 0.717) is 6.61 Å². The minimum atomic E-state index is 0. The molecule has 0 amide bonds. The molecule has 3 heteroatoms. The number of rotatable bonds is 15. The van der Waals surface area contributed by atoms with E-state index >= 15 is 0 Å². The third kappa shape index (κ3) is 12.4. The number of unbranched alkanes of at least 4 members (excludes halogenated alkanes) is 7. The molecular formula is C18H40ClNO. The van der Waals surface area contributed by atoms with Crippen LogP contribution in [0.1, 0.15) is 85.0 Å². The third-order valence-electron chi connectivity index (χ3n) is 4.53. The maximum Gasteiger partial charge on any atom is 0.102 e. The zero-order valence-electron chi connectivity index (χ0n) is 14.9. The first kappa shape index (κ1) is 23.5. The van der Waals surface area contributed by atoms with Crippen LogP contribution in [-0.2, 0) is 0 Å². The van der Waals surface area contributed by atoms with Crippen LogP contribution in [0.4, 0.5) is 0 Å². The highest BCUT2D eigenvalue weighted by Crippen LogP contribution is 2.16. The first-order valence-electron chi connectivity index (χ1n) is 9.20. The fourth-order valence-electron chi connectivity index (χ4n) is 3.15. The Morgan fingerprint density at radius 1 is 0.571 bits per heavy atom. The molecule has 0 saturated heterocycles. The van der Waals surface area contributed by atoms with E-state index in [1.807, 2.05) is 0 Å². The van der Waals surface area contributed by atoms with Crippen molar-refractivity contribution < 1.29 is 22.0 Å². The lowest BCUT2D eigenvalue weighted by Gasteiger charge is -2.39. The van der Waals surface area contributed by atoms with Crippen LogP contribution in [0.15, 0.2) is 0 Å². The fraction of sp³-hybridized carbons (Fsp3) is 1.00. The topological polar surface area (TPSA) is 20.2 Å².